The van der Waals surface area contributed by atoms with Gasteiger partial charge in [0.25, 0.3) is 5.91 Å². The van der Waals surface area contributed by atoms with E-state index >= 15 is 0 Å². The van der Waals surface area contributed by atoms with Gasteiger partial charge in [0.1, 0.15) is 0 Å². The zero-order valence-corrected chi connectivity index (χ0v) is 15.7. The standard InChI is InChI=1S/C19H20N2OS2/c1-12-4-5-13(2)16(10-12)19(22)20-9-8-15-6-7-18(24-15)17-11-23-14(3)21-17/h4-7,10-11H,8-9H2,1-3H3,(H,20,22). The Kier molecular flexibility index (Phi) is 5.11. The third-order valence-electron chi connectivity index (χ3n) is 3.83. The number of amides is 1. The second-order valence-electron chi connectivity index (χ2n) is 5.84. The maximum Gasteiger partial charge on any atom is 0.251 e. The Labute approximate surface area is 150 Å². The normalized spacial score (nSPS) is 10.8. The summed E-state index contributed by atoms with van der Waals surface area (Å²) in [6.45, 7) is 6.63. The summed E-state index contributed by atoms with van der Waals surface area (Å²) < 4.78 is 0. The van der Waals surface area contributed by atoms with Crippen molar-refractivity contribution in [2.75, 3.05) is 6.54 Å². The average molecular weight is 357 g/mol. The highest BCUT2D eigenvalue weighted by Crippen LogP contribution is 2.29. The van der Waals surface area contributed by atoms with Crippen molar-refractivity contribution < 1.29 is 4.79 Å². The number of carbonyl (C=O) groups is 1. The minimum atomic E-state index is 0.00288. The van der Waals surface area contributed by atoms with E-state index in [4.69, 9.17) is 0 Å². The van der Waals surface area contributed by atoms with Crippen LogP contribution in [0.3, 0.4) is 0 Å². The van der Waals surface area contributed by atoms with Gasteiger partial charge in [0.2, 0.25) is 0 Å². The van der Waals surface area contributed by atoms with E-state index in [1.807, 2.05) is 39.0 Å². The zero-order valence-electron chi connectivity index (χ0n) is 14.1. The smallest absolute Gasteiger partial charge is 0.251 e. The van der Waals surface area contributed by atoms with Crippen LogP contribution >= 0.6 is 22.7 Å². The van der Waals surface area contributed by atoms with Crippen molar-refractivity contribution in [3.8, 4) is 10.6 Å². The van der Waals surface area contributed by atoms with Gasteiger partial charge in [-0.3, -0.25) is 4.79 Å². The molecule has 0 fully saturated rings. The average Bonchev–Trinajstić information content (AvgIpc) is 3.18. The minimum absolute atomic E-state index is 0.00288. The van der Waals surface area contributed by atoms with Gasteiger partial charge in [0.05, 0.1) is 15.6 Å². The van der Waals surface area contributed by atoms with Gasteiger partial charge < -0.3 is 5.32 Å². The van der Waals surface area contributed by atoms with E-state index < -0.39 is 0 Å². The number of benzene rings is 1. The number of hydrogen-bond acceptors (Lipinski definition) is 4. The molecule has 0 bridgehead atoms. The molecule has 24 heavy (non-hydrogen) atoms. The highest BCUT2D eigenvalue weighted by atomic mass is 32.1. The Bertz CT molecular complexity index is 864. The summed E-state index contributed by atoms with van der Waals surface area (Å²) in [6, 6.07) is 10.2. The summed E-state index contributed by atoms with van der Waals surface area (Å²) in [5.41, 5.74) is 3.93. The largest absolute Gasteiger partial charge is 0.352 e. The predicted octanol–water partition coefficient (Wildman–Crippen LogP) is 4.77. The molecule has 0 unspecified atom stereocenters. The summed E-state index contributed by atoms with van der Waals surface area (Å²) in [5.74, 6) is 0.00288. The van der Waals surface area contributed by atoms with Gasteiger partial charge in [-0.05, 0) is 51.0 Å². The molecule has 0 saturated heterocycles. The van der Waals surface area contributed by atoms with E-state index in [0.29, 0.717) is 6.54 Å². The molecule has 124 valence electrons. The van der Waals surface area contributed by atoms with Crippen molar-refractivity contribution in [2.45, 2.75) is 27.2 Å². The van der Waals surface area contributed by atoms with E-state index in [2.05, 4.69) is 27.8 Å². The lowest BCUT2D eigenvalue weighted by Crippen LogP contribution is -2.26. The Balaban J connectivity index is 1.58. The lowest BCUT2D eigenvalue weighted by Gasteiger charge is -2.08. The van der Waals surface area contributed by atoms with Crippen LogP contribution in [-0.2, 0) is 6.42 Å². The van der Waals surface area contributed by atoms with Crippen LogP contribution in [0.15, 0.2) is 35.7 Å². The monoisotopic (exact) mass is 356 g/mol. The molecule has 1 amide bonds. The highest BCUT2D eigenvalue weighted by Gasteiger charge is 2.10. The van der Waals surface area contributed by atoms with Gasteiger partial charge in [-0.15, -0.1) is 22.7 Å². The number of carbonyl (C=O) groups excluding carboxylic acids is 1. The second-order valence-corrected chi connectivity index (χ2v) is 8.07. The van der Waals surface area contributed by atoms with Crippen LogP contribution in [-0.4, -0.2) is 17.4 Å². The van der Waals surface area contributed by atoms with Crippen molar-refractivity contribution in [1.29, 1.82) is 0 Å². The second kappa shape index (κ2) is 7.28. The third-order valence-corrected chi connectivity index (χ3v) is 5.77. The Morgan fingerprint density at radius 1 is 1.17 bits per heavy atom. The molecule has 3 nitrogen and oxygen atoms in total. The molecule has 1 N–H and O–H groups in total. The van der Waals surface area contributed by atoms with E-state index in [-0.39, 0.29) is 5.91 Å². The number of rotatable bonds is 5. The summed E-state index contributed by atoms with van der Waals surface area (Å²) in [4.78, 5) is 19.3. The maximum absolute atomic E-state index is 12.3. The molecule has 3 aromatic rings. The fourth-order valence-electron chi connectivity index (χ4n) is 2.50. The first-order valence-corrected chi connectivity index (χ1v) is 9.59. The van der Waals surface area contributed by atoms with Crippen LogP contribution in [0.4, 0.5) is 0 Å². The van der Waals surface area contributed by atoms with Crippen LogP contribution in [0.1, 0.15) is 31.4 Å². The minimum Gasteiger partial charge on any atom is -0.352 e. The van der Waals surface area contributed by atoms with E-state index in [1.165, 1.54) is 9.75 Å². The van der Waals surface area contributed by atoms with E-state index in [1.54, 1.807) is 22.7 Å². The molecular formula is C19H20N2OS2. The molecule has 0 aliphatic heterocycles. The van der Waals surface area contributed by atoms with Gasteiger partial charge in [0, 0.05) is 22.4 Å². The molecule has 1 aromatic carbocycles. The first kappa shape index (κ1) is 16.9. The quantitative estimate of drug-likeness (QED) is 0.715. The molecule has 2 aromatic heterocycles. The molecule has 0 atom stereocenters. The van der Waals surface area contributed by atoms with Gasteiger partial charge in [-0.2, -0.15) is 0 Å². The lowest BCUT2D eigenvalue weighted by atomic mass is 10.1. The number of hydrogen-bond donors (Lipinski definition) is 1. The summed E-state index contributed by atoms with van der Waals surface area (Å²) >= 11 is 3.41. The number of nitrogens with one attached hydrogen (secondary N) is 1. The van der Waals surface area contributed by atoms with Gasteiger partial charge in [0.15, 0.2) is 0 Å². The number of thiophene rings is 1. The molecule has 0 spiro atoms. The lowest BCUT2D eigenvalue weighted by molar-refractivity contribution is 0.0953. The van der Waals surface area contributed by atoms with Crippen LogP contribution in [0.25, 0.3) is 10.6 Å². The fourth-order valence-corrected chi connectivity index (χ4v) is 4.16. The van der Waals surface area contributed by atoms with Gasteiger partial charge in [-0.25, -0.2) is 4.98 Å². The predicted molar refractivity (Wildman–Crippen MR) is 102 cm³/mol. The molecule has 2 heterocycles. The summed E-state index contributed by atoms with van der Waals surface area (Å²) in [6.07, 6.45) is 0.838. The maximum atomic E-state index is 12.3. The molecule has 0 aliphatic carbocycles. The molecule has 3 rings (SSSR count). The number of aromatic nitrogens is 1. The first-order chi connectivity index (χ1) is 11.5. The van der Waals surface area contributed by atoms with Crippen LogP contribution < -0.4 is 5.32 Å². The zero-order chi connectivity index (χ0) is 17.1. The van der Waals surface area contributed by atoms with Crippen molar-refractivity contribution in [3.05, 3.63) is 62.3 Å². The number of thiazole rings is 1. The Hall–Kier alpha value is -1.98. The fraction of sp³-hybridized carbons (Fsp3) is 0.263. The third kappa shape index (κ3) is 3.91. The summed E-state index contributed by atoms with van der Waals surface area (Å²) in [7, 11) is 0. The Morgan fingerprint density at radius 3 is 2.75 bits per heavy atom. The molecule has 0 aliphatic rings. The van der Waals surface area contributed by atoms with Crippen molar-refractivity contribution >= 4 is 28.6 Å². The SMILES string of the molecule is Cc1ccc(C)c(C(=O)NCCc2ccc(-c3csc(C)n3)s2)c1. The molecule has 0 saturated carbocycles. The van der Waals surface area contributed by atoms with Gasteiger partial charge >= 0.3 is 0 Å². The van der Waals surface area contributed by atoms with Crippen molar-refractivity contribution in [1.82, 2.24) is 10.3 Å². The van der Waals surface area contributed by atoms with Crippen LogP contribution in [0, 0.1) is 20.8 Å². The van der Waals surface area contributed by atoms with Crippen LogP contribution in [0.5, 0.6) is 0 Å². The highest BCUT2D eigenvalue weighted by molar-refractivity contribution is 7.16. The van der Waals surface area contributed by atoms with E-state index in [9.17, 15) is 4.79 Å². The van der Waals surface area contributed by atoms with Gasteiger partial charge in [-0.1, -0.05) is 17.7 Å². The number of aryl methyl sites for hydroxylation is 3. The molecular weight excluding hydrogens is 336 g/mol. The van der Waals surface area contributed by atoms with Crippen LogP contribution in [0.2, 0.25) is 0 Å². The molecule has 5 heteroatoms. The summed E-state index contributed by atoms with van der Waals surface area (Å²) in [5, 5.41) is 6.20. The molecule has 0 radical (unpaired) electrons. The first-order valence-electron chi connectivity index (χ1n) is 7.89. The Morgan fingerprint density at radius 2 is 2.00 bits per heavy atom. The topological polar surface area (TPSA) is 42.0 Å². The van der Waals surface area contributed by atoms with E-state index in [0.717, 1.165) is 33.8 Å². The van der Waals surface area contributed by atoms with Crippen molar-refractivity contribution in [2.24, 2.45) is 0 Å². The van der Waals surface area contributed by atoms with Crippen molar-refractivity contribution in [3.63, 3.8) is 0 Å². The number of nitrogens with zero attached hydrogens (tertiary/aromatic N) is 1.